The van der Waals surface area contributed by atoms with Crippen molar-refractivity contribution in [2.75, 3.05) is 7.11 Å². The van der Waals surface area contributed by atoms with Gasteiger partial charge in [0.15, 0.2) is 5.16 Å². The van der Waals surface area contributed by atoms with Crippen molar-refractivity contribution < 1.29 is 14.3 Å². The van der Waals surface area contributed by atoms with E-state index in [0.717, 1.165) is 24.6 Å². The molecule has 0 radical (unpaired) electrons. The van der Waals surface area contributed by atoms with Crippen molar-refractivity contribution in [1.29, 1.82) is 0 Å². The van der Waals surface area contributed by atoms with Crippen molar-refractivity contribution in [2.24, 2.45) is 5.73 Å². The number of carbonyl (C=O) groups excluding carboxylic acids is 2. The fraction of sp³-hybridized carbons (Fsp3) is 0.412. The molecule has 0 aliphatic heterocycles. The van der Waals surface area contributed by atoms with Gasteiger partial charge in [0.25, 0.3) is 5.56 Å². The number of nitrogens with zero attached hydrogens (tertiary/aromatic N) is 2. The van der Waals surface area contributed by atoms with Gasteiger partial charge in [-0.25, -0.2) is 9.78 Å². The topological polar surface area (TPSA) is 104 Å². The van der Waals surface area contributed by atoms with Gasteiger partial charge in [0.1, 0.15) is 0 Å². The summed E-state index contributed by atoms with van der Waals surface area (Å²) in [6, 6.07) is 4.64. The van der Waals surface area contributed by atoms with E-state index in [9.17, 15) is 14.4 Å². The zero-order valence-electron chi connectivity index (χ0n) is 14.4. The Balaban J connectivity index is 2.62. The van der Waals surface area contributed by atoms with Gasteiger partial charge in [-0.1, -0.05) is 25.1 Å². The monoisotopic (exact) mass is 363 g/mol. The van der Waals surface area contributed by atoms with Gasteiger partial charge < -0.3 is 10.5 Å². The third-order valence-corrected chi connectivity index (χ3v) is 4.87. The van der Waals surface area contributed by atoms with Gasteiger partial charge in [-0.2, -0.15) is 0 Å². The Morgan fingerprint density at radius 3 is 2.72 bits per heavy atom. The SMILES string of the molecule is CCCCn1c(S[C@@H](C)C(N)=O)nc2cc(C(=O)OC)ccc2c1=O. The third-order valence-electron chi connectivity index (χ3n) is 3.76. The Labute approximate surface area is 149 Å². The number of benzene rings is 1. The van der Waals surface area contributed by atoms with Crippen LogP contribution in [0.1, 0.15) is 37.0 Å². The predicted molar refractivity (Wildman–Crippen MR) is 96.8 cm³/mol. The van der Waals surface area contributed by atoms with E-state index in [2.05, 4.69) is 4.98 Å². The van der Waals surface area contributed by atoms with Crippen LogP contribution >= 0.6 is 11.8 Å². The first-order valence-corrected chi connectivity index (χ1v) is 8.85. The van der Waals surface area contributed by atoms with Crippen molar-refractivity contribution in [2.45, 2.75) is 43.6 Å². The maximum Gasteiger partial charge on any atom is 0.337 e. The van der Waals surface area contributed by atoms with Gasteiger partial charge in [0, 0.05) is 6.54 Å². The van der Waals surface area contributed by atoms with Crippen LogP contribution < -0.4 is 11.3 Å². The van der Waals surface area contributed by atoms with Crippen LogP contribution in [0.2, 0.25) is 0 Å². The highest BCUT2D eigenvalue weighted by atomic mass is 32.2. The molecule has 1 heterocycles. The Bertz CT molecular complexity index is 863. The van der Waals surface area contributed by atoms with Crippen molar-refractivity contribution in [3.8, 4) is 0 Å². The molecule has 7 nitrogen and oxygen atoms in total. The van der Waals surface area contributed by atoms with Crippen LogP contribution in [-0.2, 0) is 16.1 Å². The van der Waals surface area contributed by atoms with E-state index in [0.29, 0.717) is 28.2 Å². The van der Waals surface area contributed by atoms with Crippen molar-refractivity contribution in [1.82, 2.24) is 9.55 Å². The zero-order valence-corrected chi connectivity index (χ0v) is 15.3. The Morgan fingerprint density at radius 2 is 2.12 bits per heavy atom. The lowest BCUT2D eigenvalue weighted by Gasteiger charge is -2.15. The van der Waals surface area contributed by atoms with Crippen LogP contribution in [0.3, 0.4) is 0 Å². The number of nitrogens with two attached hydrogens (primary N) is 1. The predicted octanol–water partition coefficient (Wildman–Crippen LogP) is 1.95. The van der Waals surface area contributed by atoms with E-state index in [1.165, 1.54) is 13.2 Å². The van der Waals surface area contributed by atoms with E-state index in [4.69, 9.17) is 10.5 Å². The minimum atomic E-state index is -0.527. The summed E-state index contributed by atoms with van der Waals surface area (Å²) in [6.45, 7) is 4.20. The lowest BCUT2D eigenvalue weighted by atomic mass is 10.1. The number of aromatic nitrogens is 2. The summed E-state index contributed by atoms with van der Waals surface area (Å²) >= 11 is 1.14. The van der Waals surface area contributed by atoms with Gasteiger partial charge in [0.05, 0.1) is 28.8 Å². The molecule has 0 bridgehead atoms. The summed E-state index contributed by atoms with van der Waals surface area (Å²) in [5.74, 6) is -0.983. The molecule has 1 aromatic heterocycles. The molecule has 134 valence electrons. The molecule has 2 aromatic rings. The first-order chi connectivity index (χ1) is 11.9. The van der Waals surface area contributed by atoms with Crippen LogP contribution in [0.15, 0.2) is 28.2 Å². The number of thioether (sulfide) groups is 1. The van der Waals surface area contributed by atoms with Gasteiger partial charge in [-0.15, -0.1) is 0 Å². The minimum Gasteiger partial charge on any atom is -0.465 e. The van der Waals surface area contributed by atoms with Crippen LogP contribution in [0.4, 0.5) is 0 Å². The number of carbonyl (C=O) groups is 2. The van der Waals surface area contributed by atoms with E-state index < -0.39 is 17.1 Å². The highest BCUT2D eigenvalue weighted by molar-refractivity contribution is 8.00. The Kier molecular flexibility index (Phi) is 6.19. The maximum atomic E-state index is 12.8. The summed E-state index contributed by atoms with van der Waals surface area (Å²) in [5.41, 5.74) is 5.83. The second-order valence-electron chi connectivity index (χ2n) is 5.59. The normalized spacial score (nSPS) is 12.1. The molecule has 2 rings (SSSR count). The average molecular weight is 363 g/mol. The summed E-state index contributed by atoms with van der Waals surface area (Å²) < 4.78 is 6.27. The van der Waals surface area contributed by atoms with E-state index in [1.807, 2.05) is 6.92 Å². The molecule has 2 N–H and O–H groups in total. The Morgan fingerprint density at radius 1 is 1.40 bits per heavy atom. The number of hydrogen-bond acceptors (Lipinski definition) is 6. The standard InChI is InChI=1S/C17H21N3O4S/c1-4-5-8-20-15(22)12-7-6-11(16(23)24-3)9-13(12)19-17(20)25-10(2)14(18)21/h6-7,9-10H,4-5,8H2,1-3H3,(H2,18,21)/t10-/m0/s1. The number of fused-ring (bicyclic) bond motifs is 1. The summed E-state index contributed by atoms with van der Waals surface area (Å²) in [4.78, 5) is 40.4. The molecule has 0 unspecified atom stereocenters. The third kappa shape index (κ3) is 4.19. The molecule has 8 heteroatoms. The number of unbranched alkanes of at least 4 members (excludes halogenated alkanes) is 1. The Hall–Kier alpha value is -2.35. The molecule has 0 saturated carbocycles. The van der Waals surface area contributed by atoms with Crippen molar-refractivity contribution in [3.05, 3.63) is 34.1 Å². The number of primary amides is 1. The molecule has 0 aliphatic rings. The molecule has 0 fully saturated rings. The number of methoxy groups -OCH3 is 1. The minimum absolute atomic E-state index is 0.200. The van der Waals surface area contributed by atoms with Gasteiger partial charge in [-0.3, -0.25) is 14.2 Å². The fourth-order valence-electron chi connectivity index (χ4n) is 2.27. The summed E-state index contributed by atoms with van der Waals surface area (Å²) in [6.07, 6.45) is 1.73. The molecule has 0 saturated heterocycles. The van der Waals surface area contributed by atoms with E-state index >= 15 is 0 Å². The largest absolute Gasteiger partial charge is 0.465 e. The molecule has 0 spiro atoms. The quantitative estimate of drug-likeness (QED) is 0.458. The molecule has 1 amide bonds. The second kappa shape index (κ2) is 8.15. The number of amides is 1. The number of hydrogen-bond donors (Lipinski definition) is 1. The smallest absolute Gasteiger partial charge is 0.337 e. The van der Waals surface area contributed by atoms with Crippen LogP contribution in [0, 0.1) is 0 Å². The van der Waals surface area contributed by atoms with Crippen molar-refractivity contribution >= 4 is 34.5 Å². The highest BCUT2D eigenvalue weighted by Gasteiger charge is 2.18. The molecule has 1 aromatic carbocycles. The second-order valence-corrected chi connectivity index (χ2v) is 6.90. The lowest BCUT2D eigenvalue weighted by Crippen LogP contribution is -2.27. The first-order valence-electron chi connectivity index (χ1n) is 7.98. The average Bonchev–Trinajstić information content (AvgIpc) is 2.60. The summed E-state index contributed by atoms with van der Waals surface area (Å²) in [5, 5.41) is 0.306. The molecule has 1 atom stereocenters. The van der Waals surface area contributed by atoms with E-state index in [-0.39, 0.29) is 5.56 Å². The lowest BCUT2D eigenvalue weighted by molar-refractivity contribution is -0.117. The molecular weight excluding hydrogens is 342 g/mol. The molecular formula is C17H21N3O4S. The fourth-order valence-corrected chi connectivity index (χ4v) is 3.15. The number of rotatable bonds is 7. The van der Waals surface area contributed by atoms with Crippen molar-refractivity contribution in [3.63, 3.8) is 0 Å². The number of esters is 1. The van der Waals surface area contributed by atoms with Gasteiger partial charge in [0.2, 0.25) is 5.91 Å². The molecule has 25 heavy (non-hydrogen) atoms. The summed E-state index contributed by atoms with van der Waals surface area (Å²) in [7, 11) is 1.29. The van der Waals surface area contributed by atoms with Gasteiger partial charge >= 0.3 is 5.97 Å². The maximum absolute atomic E-state index is 12.8. The zero-order chi connectivity index (χ0) is 18.6. The van der Waals surface area contributed by atoms with E-state index in [1.54, 1.807) is 23.6 Å². The molecule has 0 aliphatic carbocycles. The van der Waals surface area contributed by atoms with Crippen LogP contribution in [0.25, 0.3) is 10.9 Å². The van der Waals surface area contributed by atoms with Crippen LogP contribution in [0.5, 0.6) is 0 Å². The first kappa shape index (κ1) is 19.0. The van der Waals surface area contributed by atoms with Crippen LogP contribution in [-0.4, -0.2) is 33.8 Å². The highest BCUT2D eigenvalue weighted by Crippen LogP contribution is 2.23. The number of ether oxygens (including phenoxy) is 1. The van der Waals surface area contributed by atoms with Gasteiger partial charge in [-0.05, 0) is 31.5 Å².